The van der Waals surface area contributed by atoms with Gasteiger partial charge in [0.15, 0.2) is 17.5 Å². The smallest absolute Gasteiger partial charge is 0.228 e. The number of anilines is 3. The molecule has 3 rings (SSSR count). The summed E-state index contributed by atoms with van der Waals surface area (Å²) in [7, 11) is 0. The highest BCUT2D eigenvalue weighted by atomic mass is 19.2. The van der Waals surface area contributed by atoms with Crippen molar-refractivity contribution in [1.29, 1.82) is 0 Å². The van der Waals surface area contributed by atoms with Gasteiger partial charge in [0, 0.05) is 18.3 Å². The van der Waals surface area contributed by atoms with Crippen LogP contribution in [0.5, 0.6) is 0 Å². The largest absolute Gasteiger partial charge is 0.326 e. The average Bonchev–Trinajstić information content (AvgIpc) is 3.43. The minimum Gasteiger partial charge on any atom is -0.326 e. The Bertz CT molecular complexity index is 965. The maximum Gasteiger partial charge on any atom is 0.228 e. The molecule has 2 aromatic carbocycles. The number of benzene rings is 2. The van der Waals surface area contributed by atoms with Crippen molar-refractivity contribution >= 4 is 34.8 Å². The van der Waals surface area contributed by atoms with Crippen LogP contribution >= 0.6 is 0 Å². The van der Waals surface area contributed by atoms with Gasteiger partial charge in [-0.2, -0.15) is 0 Å². The van der Waals surface area contributed by atoms with Gasteiger partial charge in [-0.05, 0) is 36.8 Å². The minimum absolute atomic E-state index is 0.244. The Morgan fingerprint density at radius 2 is 1.46 bits per heavy atom. The molecule has 28 heavy (non-hydrogen) atoms. The molecule has 0 saturated heterocycles. The summed E-state index contributed by atoms with van der Waals surface area (Å²) in [5.41, 5.74) is 0.455. The summed E-state index contributed by atoms with van der Waals surface area (Å²) in [5, 5.41) is 7.40. The summed E-state index contributed by atoms with van der Waals surface area (Å²) in [6.07, 6.45) is 0.244. The normalized spacial score (nSPS) is 17.6. The van der Waals surface area contributed by atoms with Crippen LogP contribution in [0.1, 0.15) is 13.3 Å². The molecular formula is C19H16F3N3O3. The third-order valence-electron chi connectivity index (χ3n) is 4.21. The van der Waals surface area contributed by atoms with Gasteiger partial charge in [0.1, 0.15) is 0 Å². The molecule has 6 nitrogen and oxygen atoms in total. The third-order valence-corrected chi connectivity index (χ3v) is 4.21. The quantitative estimate of drug-likeness (QED) is 0.684. The first-order valence-electron chi connectivity index (χ1n) is 8.39. The molecule has 0 spiro atoms. The molecule has 3 amide bonds. The Kier molecular flexibility index (Phi) is 5.34. The lowest BCUT2D eigenvalue weighted by Crippen LogP contribution is -2.21. The predicted octanol–water partition coefficient (Wildman–Crippen LogP) is 3.28. The van der Waals surface area contributed by atoms with E-state index in [1.165, 1.54) is 6.92 Å². The topological polar surface area (TPSA) is 87.3 Å². The number of hydrogen-bond acceptors (Lipinski definition) is 3. The first kappa shape index (κ1) is 19.4. The Morgan fingerprint density at radius 3 is 2.11 bits per heavy atom. The molecule has 1 aliphatic carbocycles. The van der Waals surface area contributed by atoms with Crippen molar-refractivity contribution in [2.24, 2.45) is 11.8 Å². The molecule has 0 aromatic heterocycles. The van der Waals surface area contributed by atoms with Crippen LogP contribution in [-0.2, 0) is 14.4 Å². The molecule has 0 bridgehead atoms. The Morgan fingerprint density at radius 1 is 0.857 bits per heavy atom. The SMILES string of the molecule is CC(=O)Nc1cccc(NC(=O)C2CC2C(=O)Nc2ccc(F)c(F)c2F)c1. The van der Waals surface area contributed by atoms with Crippen molar-refractivity contribution < 1.29 is 27.6 Å². The lowest BCUT2D eigenvalue weighted by molar-refractivity contribution is -0.122. The van der Waals surface area contributed by atoms with Crippen molar-refractivity contribution in [2.75, 3.05) is 16.0 Å². The number of carbonyl (C=O) groups is 3. The van der Waals surface area contributed by atoms with Gasteiger partial charge in [-0.3, -0.25) is 14.4 Å². The number of halogens is 3. The first-order valence-corrected chi connectivity index (χ1v) is 8.39. The molecule has 0 heterocycles. The zero-order chi connectivity index (χ0) is 20.4. The van der Waals surface area contributed by atoms with E-state index in [0.717, 1.165) is 6.07 Å². The summed E-state index contributed by atoms with van der Waals surface area (Å²) in [5.74, 6) is -7.19. The molecule has 0 aliphatic heterocycles. The van der Waals surface area contributed by atoms with Crippen LogP contribution < -0.4 is 16.0 Å². The predicted molar refractivity (Wildman–Crippen MR) is 95.9 cm³/mol. The Hall–Kier alpha value is -3.36. The van der Waals surface area contributed by atoms with E-state index in [1.807, 2.05) is 0 Å². The maximum absolute atomic E-state index is 13.6. The fraction of sp³-hybridized carbons (Fsp3) is 0.211. The van der Waals surface area contributed by atoms with E-state index in [1.54, 1.807) is 24.3 Å². The fourth-order valence-corrected chi connectivity index (χ4v) is 2.74. The number of nitrogens with one attached hydrogen (secondary N) is 3. The summed E-state index contributed by atoms with van der Waals surface area (Å²) in [4.78, 5) is 35.5. The number of carbonyl (C=O) groups excluding carboxylic acids is 3. The zero-order valence-electron chi connectivity index (χ0n) is 14.7. The Balaban J connectivity index is 1.59. The molecule has 1 fully saturated rings. The minimum atomic E-state index is -1.68. The summed E-state index contributed by atoms with van der Waals surface area (Å²) in [6, 6.07) is 8.10. The van der Waals surface area contributed by atoms with Crippen LogP contribution in [0.25, 0.3) is 0 Å². The number of hydrogen-bond donors (Lipinski definition) is 3. The Labute approximate surface area is 158 Å². The van der Waals surface area contributed by atoms with Crippen molar-refractivity contribution in [3.63, 3.8) is 0 Å². The van der Waals surface area contributed by atoms with E-state index in [4.69, 9.17) is 0 Å². The van der Waals surface area contributed by atoms with Gasteiger partial charge < -0.3 is 16.0 Å². The highest BCUT2D eigenvalue weighted by molar-refractivity contribution is 6.03. The van der Waals surface area contributed by atoms with Gasteiger partial charge in [0.25, 0.3) is 0 Å². The van der Waals surface area contributed by atoms with Crippen molar-refractivity contribution in [3.05, 3.63) is 53.8 Å². The fourth-order valence-electron chi connectivity index (χ4n) is 2.74. The zero-order valence-corrected chi connectivity index (χ0v) is 14.7. The highest BCUT2D eigenvalue weighted by Crippen LogP contribution is 2.40. The lowest BCUT2D eigenvalue weighted by atomic mass is 10.2. The van der Waals surface area contributed by atoms with Gasteiger partial charge >= 0.3 is 0 Å². The maximum atomic E-state index is 13.6. The number of amides is 3. The van der Waals surface area contributed by atoms with Crippen molar-refractivity contribution in [3.8, 4) is 0 Å². The molecule has 3 N–H and O–H groups in total. The summed E-state index contributed by atoms with van der Waals surface area (Å²) < 4.78 is 39.8. The molecule has 1 aliphatic rings. The van der Waals surface area contributed by atoms with Crippen LogP contribution in [0, 0.1) is 29.3 Å². The van der Waals surface area contributed by atoms with Crippen molar-refractivity contribution in [1.82, 2.24) is 0 Å². The summed E-state index contributed by atoms with van der Waals surface area (Å²) >= 11 is 0. The van der Waals surface area contributed by atoms with Crippen LogP contribution in [-0.4, -0.2) is 17.7 Å². The second-order valence-corrected chi connectivity index (χ2v) is 6.41. The van der Waals surface area contributed by atoms with Crippen LogP contribution in [0.15, 0.2) is 36.4 Å². The molecule has 9 heteroatoms. The monoisotopic (exact) mass is 391 g/mol. The molecule has 2 aromatic rings. The van der Waals surface area contributed by atoms with E-state index < -0.39 is 46.8 Å². The average molecular weight is 391 g/mol. The highest BCUT2D eigenvalue weighted by Gasteiger charge is 2.48. The van der Waals surface area contributed by atoms with E-state index in [-0.39, 0.29) is 12.3 Å². The van der Waals surface area contributed by atoms with E-state index in [2.05, 4.69) is 16.0 Å². The third kappa shape index (κ3) is 4.30. The van der Waals surface area contributed by atoms with E-state index >= 15 is 0 Å². The molecule has 0 radical (unpaired) electrons. The standard InChI is InChI=1S/C19H16F3N3O3/c1-9(26)23-10-3-2-4-11(7-10)24-18(27)12-8-13(12)19(28)25-15-6-5-14(20)16(21)17(15)22/h2-7,12-13H,8H2,1H3,(H,23,26)(H,24,27)(H,25,28). The number of rotatable bonds is 5. The van der Waals surface area contributed by atoms with Gasteiger partial charge in [-0.25, -0.2) is 13.2 Å². The molecular weight excluding hydrogens is 375 g/mol. The van der Waals surface area contributed by atoms with Crippen molar-refractivity contribution in [2.45, 2.75) is 13.3 Å². The first-order chi connectivity index (χ1) is 13.3. The second kappa shape index (κ2) is 7.71. The molecule has 1 saturated carbocycles. The van der Waals surface area contributed by atoms with Gasteiger partial charge in [0.2, 0.25) is 17.7 Å². The molecule has 2 atom stereocenters. The van der Waals surface area contributed by atoms with Crippen LogP contribution in [0.2, 0.25) is 0 Å². The molecule has 146 valence electrons. The lowest BCUT2D eigenvalue weighted by Gasteiger charge is -2.09. The molecule has 2 unspecified atom stereocenters. The second-order valence-electron chi connectivity index (χ2n) is 6.41. The van der Waals surface area contributed by atoms with Gasteiger partial charge in [0.05, 0.1) is 17.5 Å². The van der Waals surface area contributed by atoms with Gasteiger partial charge in [-0.1, -0.05) is 6.07 Å². The van der Waals surface area contributed by atoms with Crippen LogP contribution in [0.4, 0.5) is 30.2 Å². The van der Waals surface area contributed by atoms with Gasteiger partial charge in [-0.15, -0.1) is 0 Å². The van der Waals surface area contributed by atoms with E-state index in [0.29, 0.717) is 17.4 Å². The van der Waals surface area contributed by atoms with E-state index in [9.17, 15) is 27.6 Å². The van der Waals surface area contributed by atoms with Crippen LogP contribution in [0.3, 0.4) is 0 Å². The summed E-state index contributed by atoms with van der Waals surface area (Å²) in [6.45, 7) is 1.36.